The van der Waals surface area contributed by atoms with E-state index in [1.807, 2.05) is 48.2 Å². The summed E-state index contributed by atoms with van der Waals surface area (Å²) in [6, 6.07) is 16.5. The van der Waals surface area contributed by atoms with Crippen molar-refractivity contribution in [2.75, 3.05) is 11.9 Å². The summed E-state index contributed by atoms with van der Waals surface area (Å²) in [6.07, 6.45) is 1.58. The summed E-state index contributed by atoms with van der Waals surface area (Å²) >= 11 is 0. The zero-order valence-corrected chi connectivity index (χ0v) is 14.4. The maximum atomic E-state index is 12.4. The van der Waals surface area contributed by atoms with Crippen molar-refractivity contribution in [1.29, 1.82) is 5.26 Å². The van der Waals surface area contributed by atoms with Crippen LogP contribution in [0.25, 0.3) is 0 Å². The zero-order chi connectivity index (χ0) is 18.2. The second-order valence-corrected chi connectivity index (χ2v) is 5.66. The van der Waals surface area contributed by atoms with Gasteiger partial charge in [-0.1, -0.05) is 30.3 Å². The van der Waals surface area contributed by atoms with E-state index in [0.29, 0.717) is 18.8 Å². The van der Waals surface area contributed by atoms with Crippen molar-refractivity contribution in [3.63, 3.8) is 0 Å². The fourth-order valence-electron chi connectivity index (χ4n) is 2.37. The number of nitrogens with one attached hydrogen (secondary N) is 1. The van der Waals surface area contributed by atoms with Crippen LogP contribution in [0.5, 0.6) is 5.75 Å². The lowest BCUT2D eigenvalue weighted by atomic mass is 10.1. The Morgan fingerprint density at radius 1 is 1.28 bits per heavy atom. The smallest absolute Gasteiger partial charge is 0.267 e. The molecule has 0 saturated carbocycles. The molecule has 0 aliphatic rings. The number of phenolic OH excluding ortho intramolecular Hbond substituents is 1. The highest BCUT2D eigenvalue weighted by molar-refractivity contribution is 6.06. The Hall–Kier alpha value is -3.26. The molecule has 2 N–H and O–H groups in total. The molecule has 0 atom stereocenters. The lowest BCUT2D eigenvalue weighted by Crippen LogP contribution is -2.21. The normalized spacial score (nSPS) is 10.8. The Balaban J connectivity index is 2.14. The second-order valence-electron chi connectivity index (χ2n) is 5.66. The minimum absolute atomic E-state index is 0.0326. The standard InChI is InChI=1S/C20H21N3O2/c1-3-23(13-16-7-5-4-6-8-16)14-17(12-21)20(25)22-19-10-9-18(24)11-15(19)2/h4-11,14,24H,3,13H2,1-2H3,(H,22,25)/b17-14-. The van der Waals surface area contributed by atoms with E-state index in [9.17, 15) is 15.2 Å². The van der Waals surface area contributed by atoms with Gasteiger partial charge in [0, 0.05) is 25.0 Å². The van der Waals surface area contributed by atoms with Gasteiger partial charge in [0.05, 0.1) is 0 Å². The topological polar surface area (TPSA) is 76.4 Å². The third-order valence-electron chi connectivity index (χ3n) is 3.77. The number of carbonyl (C=O) groups is 1. The molecular weight excluding hydrogens is 314 g/mol. The molecule has 5 heteroatoms. The van der Waals surface area contributed by atoms with Crippen molar-refractivity contribution in [2.45, 2.75) is 20.4 Å². The van der Waals surface area contributed by atoms with E-state index >= 15 is 0 Å². The number of rotatable bonds is 6. The van der Waals surface area contributed by atoms with E-state index in [0.717, 1.165) is 11.1 Å². The van der Waals surface area contributed by atoms with Gasteiger partial charge >= 0.3 is 0 Å². The van der Waals surface area contributed by atoms with Crippen molar-refractivity contribution >= 4 is 11.6 Å². The summed E-state index contributed by atoms with van der Waals surface area (Å²) < 4.78 is 0. The molecule has 0 unspecified atom stereocenters. The van der Waals surface area contributed by atoms with Crippen LogP contribution in [0.2, 0.25) is 0 Å². The molecule has 0 aromatic heterocycles. The van der Waals surface area contributed by atoms with Gasteiger partial charge in [0.25, 0.3) is 5.91 Å². The SMILES string of the molecule is CCN(/C=C(/C#N)C(=O)Nc1ccc(O)cc1C)Cc1ccccc1. The molecule has 1 amide bonds. The van der Waals surface area contributed by atoms with E-state index < -0.39 is 5.91 Å². The summed E-state index contributed by atoms with van der Waals surface area (Å²) in [5, 5.41) is 21.5. The van der Waals surface area contributed by atoms with Crippen LogP contribution in [0.1, 0.15) is 18.1 Å². The predicted octanol–water partition coefficient (Wildman–Crippen LogP) is 3.57. The number of hydrogen-bond donors (Lipinski definition) is 2. The molecule has 2 aromatic carbocycles. The van der Waals surface area contributed by atoms with Gasteiger partial charge in [-0.25, -0.2) is 0 Å². The molecule has 5 nitrogen and oxygen atoms in total. The van der Waals surface area contributed by atoms with Crippen LogP contribution in [0, 0.1) is 18.3 Å². The fourth-order valence-corrected chi connectivity index (χ4v) is 2.37. The lowest BCUT2D eigenvalue weighted by molar-refractivity contribution is -0.112. The molecule has 0 radical (unpaired) electrons. The molecule has 0 saturated heterocycles. The molecule has 0 aliphatic carbocycles. The molecule has 25 heavy (non-hydrogen) atoms. The number of carbonyl (C=O) groups excluding carboxylic acids is 1. The fraction of sp³-hybridized carbons (Fsp3) is 0.200. The Morgan fingerprint density at radius 2 is 2.00 bits per heavy atom. The first-order chi connectivity index (χ1) is 12.0. The van der Waals surface area contributed by atoms with Gasteiger partial charge in [-0.15, -0.1) is 0 Å². The summed E-state index contributed by atoms with van der Waals surface area (Å²) in [6.45, 7) is 5.04. The van der Waals surface area contributed by atoms with Gasteiger partial charge < -0.3 is 15.3 Å². The molecule has 0 bridgehead atoms. The highest BCUT2D eigenvalue weighted by Crippen LogP contribution is 2.20. The highest BCUT2D eigenvalue weighted by atomic mass is 16.3. The van der Waals surface area contributed by atoms with E-state index in [1.54, 1.807) is 25.3 Å². The number of phenols is 1. The van der Waals surface area contributed by atoms with Crippen LogP contribution < -0.4 is 5.32 Å². The third-order valence-corrected chi connectivity index (χ3v) is 3.77. The van der Waals surface area contributed by atoms with Crippen molar-refractivity contribution in [3.8, 4) is 11.8 Å². The van der Waals surface area contributed by atoms with Crippen molar-refractivity contribution in [2.24, 2.45) is 0 Å². The maximum absolute atomic E-state index is 12.4. The molecule has 0 heterocycles. The summed E-state index contributed by atoms with van der Waals surface area (Å²) in [4.78, 5) is 14.3. The zero-order valence-electron chi connectivity index (χ0n) is 14.4. The minimum atomic E-state index is -0.470. The van der Waals surface area contributed by atoms with Crippen molar-refractivity contribution in [3.05, 3.63) is 71.4 Å². The number of nitriles is 1. The first-order valence-corrected chi connectivity index (χ1v) is 8.04. The Labute approximate surface area is 147 Å². The van der Waals surface area contributed by atoms with Crippen LogP contribution in [-0.4, -0.2) is 22.5 Å². The van der Waals surface area contributed by atoms with Crippen LogP contribution in [0.15, 0.2) is 60.3 Å². The average molecular weight is 335 g/mol. The molecule has 0 fully saturated rings. The van der Waals surface area contributed by atoms with Crippen LogP contribution in [0.3, 0.4) is 0 Å². The number of aromatic hydroxyl groups is 1. The Morgan fingerprint density at radius 3 is 2.60 bits per heavy atom. The molecule has 128 valence electrons. The highest BCUT2D eigenvalue weighted by Gasteiger charge is 2.13. The number of hydrogen-bond acceptors (Lipinski definition) is 4. The largest absolute Gasteiger partial charge is 0.508 e. The van der Waals surface area contributed by atoms with Crippen LogP contribution >= 0.6 is 0 Å². The summed E-state index contributed by atoms with van der Waals surface area (Å²) in [5.74, 6) is -0.339. The van der Waals surface area contributed by atoms with Gasteiger partial charge in [0.15, 0.2) is 0 Å². The first kappa shape index (κ1) is 18.1. The average Bonchev–Trinajstić information content (AvgIpc) is 2.61. The summed E-state index contributed by atoms with van der Waals surface area (Å²) in [7, 11) is 0. The Bertz CT molecular complexity index is 807. The van der Waals surface area contributed by atoms with Gasteiger partial charge in [-0.3, -0.25) is 4.79 Å². The number of amides is 1. The molecule has 0 spiro atoms. The number of anilines is 1. The maximum Gasteiger partial charge on any atom is 0.267 e. The molecule has 2 aromatic rings. The van der Waals surface area contributed by atoms with E-state index in [4.69, 9.17) is 0 Å². The van der Waals surface area contributed by atoms with Gasteiger partial charge in [-0.2, -0.15) is 5.26 Å². The number of benzene rings is 2. The monoisotopic (exact) mass is 335 g/mol. The Kier molecular flexibility index (Phi) is 6.19. The third kappa shape index (κ3) is 5.11. The quantitative estimate of drug-likeness (QED) is 0.481. The second kappa shape index (κ2) is 8.55. The molecular formula is C20H21N3O2. The lowest BCUT2D eigenvalue weighted by Gasteiger charge is -2.19. The van der Waals surface area contributed by atoms with Crippen molar-refractivity contribution < 1.29 is 9.90 Å². The van der Waals surface area contributed by atoms with Crippen LogP contribution in [-0.2, 0) is 11.3 Å². The first-order valence-electron chi connectivity index (χ1n) is 8.04. The van der Waals surface area contributed by atoms with Gasteiger partial charge in [-0.05, 0) is 43.2 Å². The minimum Gasteiger partial charge on any atom is -0.508 e. The number of aryl methyl sites for hydroxylation is 1. The van der Waals surface area contributed by atoms with Gasteiger partial charge in [0.1, 0.15) is 17.4 Å². The van der Waals surface area contributed by atoms with E-state index in [1.165, 1.54) is 6.07 Å². The number of nitrogens with zero attached hydrogens (tertiary/aromatic N) is 2. The summed E-state index contributed by atoms with van der Waals surface area (Å²) in [5.41, 5.74) is 2.43. The van der Waals surface area contributed by atoms with Crippen molar-refractivity contribution in [1.82, 2.24) is 4.90 Å². The van der Waals surface area contributed by atoms with E-state index in [2.05, 4.69) is 5.32 Å². The van der Waals surface area contributed by atoms with Crippen LogP contribution in [0.4, 0.5) is 5.69 Å². The predicted molar refractivity (Wildman–Crippen MR) is 97.7 cm³/mol. The molecule has 2 rings (SSSR count). The molecule has 0 aliphatic heterocycles. The van der Waals surface area contributed by atoms with E-state index in [-0.39, 0.29) is 11.3 Å². The van der Waals surface area contributed by atoms with Gasteiger partial charge in [0.2, 0.25) is 0 Å².